The first-order valence-corrected chi connectivity index (χ1v) is 16.3. The summed E-state index contributed by atoms with van der Waals surface area (Å²) in [5.74, 6) is -0.832. The molecule has 1 N–H and O–H groups in total. The first-order valence-electron chi connectivity index (χ1n) is 12.6. The van der Waals surface area contributed by atoms with Gasteiger partial charge >= 0.3 is 0 Å². The van der Waals surface area contributed by atoms with Gasteiger partial charge in [0, 0.05) is 17.9 Å². The van der Waals surface area contributed by atoms with Crippen LogP contribution in [0, 0.1) is 11.6 Å². The van der Waals surface area contributed by atoms with Crippen molar-refractivity contribution in [3.8, 4) is 0 Å². The van der Waals surface area contributed by atoms with E-state index in [-0.39, 0.29) is 28.5 Å². The molecule has 2 aliphatic rings. The Kier molecular flexibility index (Phi) is 8.31. The van der Waals surface area contributed by atoms with Crippen LogP contribution in [0.2, 0.25) is 0 Å². The monoisotopic (exact) mass is 608 g/mol. The van der Waals surface area contributed by atoms with Gasteiger partial charge < -0.3 is 19.7 Å². The molecule has 2 aromatic carbocycles. The summed E-state index contributed by atoms with van der Waals surface area (Å²) >= 11 is 2.68. The van der Waals surface area contributed by atoms with E-state index in [2.05, 4.69) is 5.32 Å². The van der Waals surface area contributed by atoms with Crippen LogP contribution in [0.4, 0.5) is 20.4 Å². The highest BCUT2D eigenvalue weighted by molar-refractivity contribution is 8.00. The Morgan fingerprint density at radius 2 is 1.77 bits per heavy atom. The summed E-state index contributed by atoms with van der Waals surface area (Å²) in [5, 5.41) is 3.81. The third kappa shape index (κ3) is 6.54. The molecule has 1 aromatic heterocycles. The number of hydrogen-bond acceptors (Lipinski definition) is 10. The van der Waals surface area contributed by atoms with Crippen LogP contribution in [-0.2, 0) is 25.1 Å². The topological polar surface area (TPSA) is 93.7 Å². The van der Waals surface area contributed by atoms with Crippen molar-refractivity contribution in [3.63, 3.8) is 0 Å². The zero-order valence-electron chi connectivity index (χ0n) is 22.3. The van der Waals surface area contributed by atoms with Gasteiger partial charge in [0.2, 0.25) is 0 Å². The second kappa shape index (κ2) is 11.4. The summed E-state index contributed by atoms with van der Waals surface area (Å²) in [6, 6.07) is 12.4. The highest BCUT2D eigenvalue weighted by Crippen LogP contribution is 2.44. The van der Waals surface area contributed by atoms with Gasteiger partial charge in [-0.3, -0.25) is 0 Å². The smallest absolute Gasteiger partial charge is 0.191 e. The van der Waals surface area contributed by atoms with Crippen molar-refractivity contribution in [1.29, 1.82) is 0 Å². The molecule has 0 atom stereocenters. The second-order valence-electron chi connectivity index (χ2n) is 10.3. The highest BCUT2D eigenvalue weighted by atomic mass is 32.2. The summed E-state index contributed by atoms with van der Waals surface area (Å²) in [5.41, 5.74) is -0.383. The molecule has 0 aliphatic carbocycles. The Labute approximate surface area is 241 Å². The minimum absolute atomic E-state index is 0.0881. The van der Waals surface area contributed by atoms with Crippen LogP contribution in [0.1, 0.15) is 26.3 Å². The number of nitrogens with zero attached hydrogens (tertiary/aromatic N) is 3. The fourth-order valence-corrected chi connectivity index (χ4v) is 7.33. The Bertz CT molecular complexity index is 1480. The van der Waals surface area contributed by atoms with E-state index < -0.39 is 32.8 Å². The van der Waals surface area contributed by atoms with Crippen molar-refractivity contribution in [2.75, 3.05) is 41.6 Å². The fraction of sp³-hybridized carbons (Fsp3) is 0.407. The molecule has 8 nitrogen and oxygen atoms in total. The van der Waals surface area contributed by atoms with Crippen molar-refractivity contribution in [3.05, 3.63) is 65.7 Å². The van der Waals surface area contributed by atoms with Crippen molar-refractivity contribution >= 4 is 45.0 Å². The normalized spacial score (nSPS) is 18.0. The van der Waals surface area contributed by atoms with Crippen LogP contribution in [0.25, 0.3) is 0 Å². The number of aromatic nitrogens is 2. The molecular weight excluding hydrogens is 579 g/mol. The Morgan fingerprint density at radius 1 is 1.05 bits per heavy atom. The van der Waals surface area contributed by atoms with Gasteiger partial charge in [-0.1, -0.05) is 53.9 Å². The first-order chi connectivity index (χ1) is 18.9. The standard InChI is InChI=1S/C27H30F2N4O4S3/c1-26(2)36-15-27(3,16-37-26)32-23-22-24(31-25(30-23)38-14-18-8-7-11-20(28)21(18)29)33(17-39-22)12-13-40(34,35)19-9-5-4-6-10-19/h4-11H,12-17H2,1-3H3,(H,30,31,32). The lowest BCUT2D eigenvalue weighted by Gasteiger charge is -2.42. The van der Waals surface area contributed by atoms with E-state index >= 15 is 0 Å². The van der Waals surface area contributed by atoms with Crippen LogP contribution in [0.3, 0.4) is 0 Å². The van der Waals surface area contributed by atoms with Crippen LogP contribution < -0.4 is 10.2 Å². The van der Waals surface area contributed by atoms with E-state index in [0.717, 1.165) is 11.0 Å². The number of ether oxygens (including phenoxy) is 2. The number of hydrogen-bond donors (Lipinski definition) is 1. The molecule has 0 amide bonds. The summed E-state index contributed by atoms with van der Waals surface area (Å²) in [7, 11) is -3.49. The summed E-state index contributed by atoms with van der Waals surface area (Å²) in [6.07, 6.45) is 0. The molecule has 3 heterocycles. The number of thioether (sulfide) groups is 2. The van der Waals surface area contributed by atoms with Gasteiger partial charge in [0.1, 0.15) is 11.6 Å². The number of sulfone groups is 1. The molecule has 2 aliphatic heterocycles. The fourth-order valence-electron chi connectivity index (χ4n) is 4.18. The van der Waals surface area contributed by atoms with E-state index in [0.29, 0.717) is 35.9 Å². The summed E-state index contributed by atoms with van der Waals surface area (Å²) in [6.45, 7) is 6.65. The maximum absolute atomic E-state index is 14.3. The Balaban J connectivity index is 1.41. The van der Waals surface area contributed by atoms with Gasteiger partial charge in [0.15, 0.2) is 32.4 Å². The van der Waals surface area contributed by atoms with Gasteiger partial charge in [-0.15, -0.1) is 0 Å². The number of nitrogens with one attached hydrogen (secondary N) is 1. The molecule has 13 heteroatoms. The summed E-state index contributed by atoms with van der Waals surface area (Å²) < 4.78 is 65.7. The lowest BCUT2D eigenvalue weighted by atomic mass is 10.0. The Hall–Kier alpha value is -2.45. The zero-order valence-corrected chi connectivity index (χ0v) is 24.8. The van der Waals surface area contributed by atoms with Crippen molar-refractivity contribution in [1.82, 2.24) is 9.97 Å². The lowest BCUT2D eigenvalue weighted by Crippen LogP contribution is -2.54. The van der Waals surface area contributed by atoms with Gasteiger partial charge in [0.25, 0.3) is 0 Å². The molecule has 0 unspecified atom stereocenters. The van der Waals surface area contributed by atoms with E-state index in [1.807, 2.05) is 25.7 Å². The van der Waals surface area contributed by atoms with Crippen molar-refractivity contribution in [2.24, 2.45) is 0 Å². The molecular formula is C27H30F2N4O4S3. The number of rotatable bonds is 9. The third-order valence-corrected chi connectivity index (χ3v) is 10.2. The molecule has 0 spiro atoms. The molecule has 0 radical (unpaired) electrons. The number of anilines is 2. The van der Waals surface area contributed by atoms with Crippen molar-refractivity contribution in [2.45, 2.75) is 52.8 Å². The summed E-state index contributed by atoms with van der Waals surface area (Å²) in [4.78, 5) is 12.4. The van der Waals surface area contributed by atoms with Crippen LogP contribution >= 0.6 is 23.5 Å². The number of fused-ring (bicyclic) bond motifs is 1. The number of halogens is 2. The average molecular weight is 609 g/mol. The van der Waals surface area contributed by atoms with Gasteiger partial charge in [0.05, 0.1) is 40.2 Å². The number of benzene rings is 2. The lowest BCUT2D eigenvalue weighted by molar-refractivity contribution is -0.261. The SMILES string of the molecule is CC1(Nc2nc(SCc3cccc(F)c3F)nc3c2SCN3CCS(=O)(=O)c2ccccc2)COC(C)(C)OC1. The quantitative estimate of drug-likeness (QED) is 0.253. The van der Waals surface area contributed by atoms with Crippen LogP contribution in [0.5, 0.6) is 0 Å². The van der Waals surface area contributed by atoms with Crippen LogP contribution in [-0.4, -0.2) is 61.1 Å². The van der Waals surface area contributed by atoms with E-state index in [1.54, 1.807) is 30.3 Å². The highest BCUT2D eigenvalue weighted by Gasteiger charge is 2.38. The largest absolute Gasteiger partial charge is 0.359 e. The van der Waals surface area contributed by atoms with Gasteiger partial charge in [-0.25, -0.2) is 27.2 Å². The predicted octanol–water partition coefficient (Wildman–Crippen LogP) is 5.34. The maximum atomic E-state index is 14.3. The molecule has 0 bridgehead atoms. The second-order valence-corrected chi connectivity index (χ2v) is 14.3. The minimum atomic E-state index is -3.49. The van der Waals surface area contributed by atoms with Crippen LogP contribution in [0.15, 0.2) is 63.5 Å². The maximum Gasteiger partial charge on any atom is 0.191 e. The molecule has 3 aromatic rings. The molecule has 1 fully saturated rings. The third-order valence-electron chi connectivity index (χ3n) is 6.51. The van der Waals surface area contributed by atoms with Gasteiger partial charge in [-0.05, 0) is 39.0 Å². The molecule has 40 heavy (non-hydrogen) atoms. The molecule has 1 saturated heterocycles. The average Bonchev–Trinajstić information content (AvgIpc) is 3.34. The van der Waals surface area contributed by atoms with E-state index in [1.165, 1.54) is 35.7 Å². The predicted molar refractivity (Wildman–Crippen MR) is 153 cm³/mol. The molecule has 5 rings (SSSR count). The Morgan fingerprint density at radius 3 is 2.50 bits per heavy atom. The molecule has 214 valence electrons. The zero-order chi connectivity index (χ0) is 28.5. The molecule has 0 saturated carbocycles. The van der Waals surface area contributed by atoms with Gasteiger partial charge in [-0.2, -0.15) is 0 Å². The van der Waals surface area contributed by atoms with E-state index in [4.69, 9.17) is 19.4 Å². The minimum Gasteiger partial charge on any atom is -0.359 e. The van der Waals surface area contributed by atoms with Crippen molar-refractivity contribution < 1.29 is 26.7 Å². The first kappa shape index (κ1) is 29.1. The van der Waals surface area contributed by atoms with E-state index in [9.17, 15) is 17.2 Å².